The Kier molecular flexibility index (Phi) is 4.65. The van der Waals surface area contributed by atoms with Crippen LogP contribution in [0.1, 0.15) is 30.0 Å². The number of nitrogens with zero attached hydrogens (tertiary/aromatic N) is 1. The molecular formula is C20H24N2O. The summed E-state index contributed by atoms with van der Waals surface area (Å²) in [5.41, 5.74) is 6.00. The van der Waals surface area contributed by atoms with Gasteiger partial charge < -0.3 is 10.2 Å². The maximum Gasteiger partial charge on any atom is 0.224 e. The second-order valence-electron chi connectivity index (χ2n) is 6.21. The quantitative estimate of drug-likeness (QED) is 0.907. The van der Waals surface area contributed by atoms with Gasteiger partial charge in [-0.05, 0) is 49.9 Å². The summed E-state index contributed by atoms with van der Waals surface area (Å²) in [5, 5.41) is 3.04. The lowest BCUT2D eigenvalue weighted by atomic mass is 10.1. The third-order valence-corrected chi connectivity index (χ3v) is 4.47. The molecule has 1 N–H and O–H groups in total. The predicted molar refractivity (Wildman–Crippen MR) is 96.2 cm³/mol. The zero-order valence-corrected chi connectivity index (χ0v) is 13.9. The van der Waals surface area contributed by atoms with Crippen LogP contribution in [0.4, 0.5) is 11.4 Å². The molecule has 3 nitrogen and oxygen atoms in total. The number of benzene rings is 2. The summed E-state index contributed by atoms with van der Waals surface area (Å²) >= 11 is 0. The van der Waals surface area contributed by atoms with Gasteiger partial charge in [-0.25, -0.2) is 0 Å². The molecule has 0 fully saturated rings. The molecule has 0 unspecified atom stereocenters. The highest BCUT2D eigenvalue weighted by Crippen LogP contribution is 2.30. The number of hydrogen-bond donors (Lipinski definition) is 1. The molecule has 2 aromatic carbocycles. The topological polar surface area (TPSA) is 32.3 Å². The molecule has 1 aliphatic heterocycles. The zero-order valence-electron chi connectivity index (χ0n) is 13.9. The van der Waals surface area contributed by atoms with Gasteiger partial charge in [-0.2, -0.15) is 0 Å². The summed E-state index contributed by atoms with van der Waals surface area (Å²) in [6.07, 6.45) is 2.39. The molecule has 0 saturated heterocycles. The highest BCUT2D eigenvalue weighted by atomic mass is 16.1. The molecule has 0 atom stereocenters. The molecule has 120 valence electrons. The number of aryl methyl sites for hydroxylation is 2. The number of likely N-dealkylation sites (N-methyl/N-ethyl adjacent to an activating group) is 1. The van der Waals surface area contributed by atoms with E-state index in [1.807, 2.05) is 12.1 Å². The number of nitrogens with one attached hydrogen (secondary N) is 1. The molecule has 3 rings (SSSR count). The Hall–Kier alpha value is -2.29. The zero-order chi connectivity index (χ0) is 16.2. The fourth-order valence-corrected chi connectivity index (χ4v) is 3.20. The number of carbonyl (C=O) groups excluding carboxylic acids is 1. The summed E-state index contributed by atoms with van der Waals surface area (Å²) in [6, 6.07) is 14.6. The van der Waals surface area contributed by atoms with Gasteiger partial charge in [-0.15, -0.1) is 0 Å². The van der Waals surface area contributed by atoms with Crippen LogP contribution in [0.2, 0.25) is 0 Å². The van der Waals surface area contributed by atoms with Gasteiger partial charge in [0.15, 0.2) is 0 Å². The third-order valence-electron chi connectivity index (χ3n) is 4.47. The standard InChI is InChI=1S/C20H24N2O/c1-3-22-12-11-17-8-9-18(14-19(17)22)21-20(23)10-7-16-6-4-5-15(2)13-16/h4-6,8-9,13-14H,3,7,10-12H2,1-2H3,(H,21,23). The number of carbonyl (C=O) groups is 1. The van der Waals surface area contributed by atoms with Crippen LogP contribution in [0.3, 0.4) is 0 Å². The molecule has 0 aliphatic carbocycles. The van der Waals surface area contributed by atoms with Crippen molar-refractivity contribution in [2.24, 2.45) is 0 Å². The lowest BCUT2D eigenvalue weighted by molar-refractivity contribution is -0.116. The third kappa shape index (κ3) is 3.73. The first kappa shape index (κ1) is 15.6. The van der Waals surface area contributed by atoms with Crippen LogP contribution in [0.15, 0.2) is 42.5 Å². The van der Waals surface area contributed by atoms with E-state index in [-0.39, 0.29) is 5.91 Å². The molecule has 0 bridgehead atoms. The average Bonchev–Trinajstić information content (AvgIpc) is 2.95. The van der Waals surface area contributed by atoms with E-state index in [1.165, 1.54) is 22.4 Å². The van der Waals surface area contributed by atoms with E-state index in [4.69, 9.17) is 0 Å². The maximum absolute atomic E-state index is 12.2. The van der Waals surface area contributed by atoms with Gasteiger partial charge in [0.1, 0.15) is 0 Å². The van der Waals surface area contributed by atoms with Crippen molar-refractivity contribution in [3.8, 4) is 0 Å². The average molecular weight is 308 g/mol. The minimum atomic E-state index is 0.0764. The van der Waals surface area contributed by atoms with Crippen molar-refractivity contribution in [3.63, 3.8) is 0 Å². The first-order valence-electron chi connectivity index (χ1n) is 8.39. The summed E-state index contributed by atoms with van der Waals surface area (Å²) < 4.78 is 0. The van der Waals surface area contributed by atoms with Crippen LogP contribution in [-0.4, -0.2) is 19.0 Å². The Balaban J connectivity index is 1.60. The van der Waals surface area contributed by atoms with Crippen molar-refractivity contribution in [1.82, 2.24) is 0 Å². The fraction of sp³-hybridized carbons (Fsp3) is 0.350. The van der Waals surface area contributed by atoms with Crippen molar-refractivity contribution in [2.75, 3.05) is 23.3 Å². The van der Waals surface area contributed by atoms with E-state index in [1.54, 1.807) is 0 Å². The largest absolute Gasteiger partial charge is 0.371 e. The Morgan fingerprint density at radius 3 is 2.87 bits per heavy atom. The summed E-state index contributed by atoms with van der Waals surface area (Å²) in [5.74, 6) is 0.0764. The van der Waals surface area contributed by atoms with Gasteiger partial charge in [0.05, 0.1) is 0 Å². The van der Waals surface area contributed by atoms with Crippen LogP contribution >= 0.6 is 0 Å². The number of amides is 1. The minimum absolute atomic E-state index is 0.0764. The predicted octanol–water partition coefficient (Wildman–Crippen LogP) is 3.95. The van der Waals surface area contributed by atoms with Gasteiger partial charge in [0.2, 0.25) is 5.91 Å². The van der Waals surface area contributed by atoms with Crippen LogP contribution in [0, 0.1) is 6.92 Å². The Morgan fingerprint density at radius 1 is 1.22 bits per heavy atom. The van der Waals surface area contributed by atoms with Crippen molar-refractivity contribution in [1.29, 1.82) is 0 Å². The highest BCUT2D eigenvalue weighted by molar-refractivity contribution is 5.91. The van der Waals surface area contributed by atoms with Crippen LogP contribution < -0.4 is 10.2 Å². The van der Waals surface area contributed by atoms with E-state index in [2.05, 4.69) is 54.4 Å². The van der Waals surface area contributed by atoms with Gasteiger partial charge >= 0.3 is 0 Å². The molecule has 0 saturated carbocycles. The summed E-state index contributed by atoms with van der Waals surface area (Å²) in [7, 11) is 0. The SMILES string of the molecule is CCN1CCc2ccc(NC(=O)CCc3cccc(C)c3)cc21. The number of hydrogen-bond acceptors (Lipinski definition) is 2. The molecule has 1 heterocycles. The highest BCUT2D eigenvalue weighted by Gasteiger charge is 2.18. The van der Waals surface area contributed by atoms with Gasteiger partial charge in [-0.1, -0.05) is 35.9 Å². The Bertz CT molecular complexity index is 709. The second-order valence-corrected chi connectivity index (χ2v) is 6.21. The van der Waals surface area contributed by atoms with Crippen molar-refractivity contribution in [3.05, 3.63) is 59.2 Å². The van der Waals surface area contributed by atoms with Crippen molar-refractivity contribution in [2.45, 2.75) is 33.1 Å². The van der Waals surface area contributed by atoms with E-state index >= 15 is 0 Å². The molecule has 2 aromatic rings. The lowest BCUT2D eigenvalue weighted by Gasteiger charge is -2.17. The van der Waals surface area contributed by atoms with Crippen LogP contribution in [0.25, 0.3) is 0 Å². The van der Waals surface area contributed by atoms with Crippen molar-refractivity contribution >= 4 is 17.3 Å². The van der Waals surface area contributed by atoms with Gasteiger partial charge in [0, 0.05) is 30.9 Å². The molecule has 23 heavy (non-hydrogen) atoms. The van der Waals surface area contributed by atoms with Crippen molar-refractivity contribution < 1.29 is 4.79 Å². The van der Waals surface area contributed by atoms with E-state index in [0.29, 0.717) is 6.42 Å². The normalized spacial score (nSPS) is 13.0. The molecular weight excluding hydrogens is 284 g/mol. The first-order chi connectivity index (χ1) is 11.2. The molecule has 0 aromatic heterocycles. The molecule has 1 amide bonds. The molecule has 0 radical (unpaired) electrons. The van der Waals surface area contributed by atoms with Gasteiger partial charge in [-0.3, -0.25) is 4.79 Å². The monoisotopic (exact) mass is 308 g/mol. The first-order valence-corrected chi connectivity index (χ1v) is 8.39. The summed E-state index contributed by atoms with van der Waals surface area (Å²) in [4.78, 5) is 14.6. The number of anilines is 2. The Labute approximate surface area is 138 Å². The van der Waals surface area contributed by atoms with E-state index in [9.17, 15) is 4.79 Å². The maximum atomic E-state index is 12.2. The lowest BCUT2D eigenvalue weighted by Crippen LogP contribution is -2.19. The molecule has 0 spiro atoms. The fourth-order valence-electron chi connectivity index (χ4n) is 3.20. The van der Waals surface area contributed by atoms with Crippen LogP contribution in [-0.2, 0) is 17.6 Å². The number of fused-ring (bicyclic) bond motifs is 1. The van der Waals surface area contributed by atoms with E-state index < -0.39 is 0 Å². The second kappa shape index (κ2) is 6.86. The number of rotatable bonds is 5. The van der Waals surface area contributed by atoms with Gasteiger partial charge in [0.25, 0.3) is 0 Å². The molecule has 3 heteroatoms. The van der Waals surface area contributed by atoms with Crippen LogP contribution in [0.5, 0.6) is 0 Å². The minimum Gasteiger partial charge on any atom is -0.371 e. The smallest absolute Gasteiger partial charge is 0.224 e. The Morgan fingerprint density at radius 2 is 2.09 bits per heavy atom. The summed E-state index contributed by atoms with van der Waals surface area (Å²) in [6.45, 7) is 6.34. The van der Waals surface area contributed by atoms with E-state index in [0.717, 1.165) is 31.6 Å². The molecule has 1 aliphatic rings.